The van der Waals surface area contributed by atoms with Gasteiger partial charge in [0.2, 0.25) is 0 Å². The van der Waals surface area contributed by atoms with E-state index in [1.165, 1.54) is 6.20 Å². The molecule has 4 heterocycles. The van der Waals surface area contributed by atoms with Crippen molar-refractivity contribution >= 4 is 5.91 Å². The van der Waals surface area contributed by atoms with E-state index >= 15 is 0 Å². The topological polar surface area (TPSA) is 71.5 Å². The predicted octanol–water partition coefficient (Wildman–Crippen LogP) is 1.62. The second-order valence-corrected chi connectivity index (χ2v) is 7.59. The normalized spacial score (nSPS) is 21.8. The van der Waals surface area contributed by atoms with Crippen LogP contribution in [0, 0.1) is 5.92 Å². The molecule has 2 aromatic rings. The zero-order valence-electron chi connectivity index (χ0n) is 15.6. The Morgan fingerprint density at radius 2 is 2.15 bits per heavy atom. The van der Waals surface area contributed by atoms with Gasteiger partial charge in [0.1, 0.15) is 5.69 Å². The van der Waals surface area contributed by atoms with Crippen LogP contribution < -0.4 is 0 Å². The van der Waals surface area contributed by atoms with Crippen molar-refractivity contribution in [1.29, 1.82) is 0 Å². The summed E-state index contributed by atoms with van der Waals surface area (Å²) in [6.07, 6.45) is 8.64. The maximum atomic E-state index is 12.5. The fourth-order valence-corrected chi connectivity index (χ4v) is 4.11. The van der Waals surface area contributed by atoms with Gasteiger partial charge < -0.3 is 9.64 Å². The molecule has 142 valence electrons. The molecule has 0 bridgehead atoms. The number of rotatable bonds is 5. The number of ether oxygens (including phenoxy) is 1. The van der Waals surface area contributed by atoms with Crippen molar-refractivity contribution in [2.75, 3.05) is 33.3 Å². The van der Waals surface area contributed by atoms with Gasteiger partial charge in [-0.1, -0.05) is 6.07 Å². The summed E-state index contributed by atoms with van der Waals surface area (Å²) in [5, 5.41) is 0. The lowest BCUT2D eigenvalue weighted by molar-refractivity contribution is -0.0770. The van der Waals surface area contributed by atoms with Crippen molar-refractivity contribution in [1.82, 2.24) is 24.8 Å². The first-order chi connectivity index (χ1) is 13.2. The van der Waals surface area contributed by atoms with E-state index in [4.69, 9.17) is 4.74 Å². The van der Waals surface area contributed by atoms with Crippen molar-refractivity contribution in [2.24, 2.45) is 5.92 Å². The van der Waals surface area contributed by atoms with Crippen molar-refractivity contribution in [2.45, 2.75) is 25.0 Å². The Kier molecular flexibility index (Phi) is 5.13. The first kappa shape index (κ1) is 18.0. The number of likely N-dealkylation sites (tertiary alicyclic amines) is 2. The molecule has 0 radical (unpaired) electrons. The van der Waals surface area contributed by atoms with Gasteiger partial charge in [-0.15, -0.1) is 0 Å². The lowest BCUT2D eigenvalue weighted by Gasteiger charge is -2.58. The minimum Gasteiger partial charge on any atom is -0.375 e. The highest BCUT2D eigenvalue weighted by atomic mass is 16.5. The number of carbonyl (C=O) groups excluding carboxylic acids is 1. The van der Waals surface area contributed by atoms with Crippen LogP contribution in [-0.2, 0) is 11.3 Å². The summed E-state index contributed by atoms with van der Waals surface area (Å²) < 4.78 is 5.92. The summed E-state index contributed by atoms with van der Waals surface area (Å²) in [7, 11) is 2.16. The van der Waals surface area contributed by atoms with Gasteiger partial charge in [-0.25, -0.2) is 4.98 Å². The van der Waals surface area contributed by atoms with Gasteiger partial charge in [-0.2, -0.15) is 0 Å². The molecule has 4 rings (SSSR count). The number of hydrogen-bond acceptors (Lipinski definition) is 6. The van der Waals surface area contributed by atoms with Crippen LogP contribution in [0.3, 0.4) is 0 Å². The lowest BCUT2D eigenvalue weighted by Crippen LogP contribution is -2.72. The van der Waals surface area contributed by atoms with Crippen molar-refractivity contribution in [3.05, 3.63) is 54.4 Å². The van der Waals surface area contributed by atoms with Crippen LogP contribution in [0.5, 0.6) is 0 Å². The van der Waals surface area contributed by atoms with Crippen LogP contribution >= 0.6 is 0 Å². The number of nitrogens with zero attached hydrogens (tertiary/aromatic N) is 5. The molecule has 7 heteroatoms. The highest BCUT2D eigenvalue weighted by Crippen LogP contribution is 2.38. The smallest absolute Gasteiger partial charge is 0.274 e. The van der Waals surface area contributed by atoms with Crippen LogP contribution in [-0.4, -0.2) is 69.5 Å². The van der Waals surface area contributed by atoms with Gasteiger partial charge in [-0.05, 0) is 44.5 Å². The van der Waals surface area contributed by atoms with Crippen LogP contribution in [0.2, 0.25) is 0 Å². The molecule has 1 atom stereocenters. The fourth-order valence-electron chi connectivity index (χ4n) is 4.11. The molecule has 1 amide bonds. The molecule has 2 aromatic heterocycles. The summed E-state index contributed by atoms with van der Waals surface area (Å²) >= 11 is 0. The Bertz CT molecular complexity index is 764. The Hall–Kier alpha value is -2.38. The highest BCUT2D eigenvalue weighted by Gasteiger charge is 2.51. The second-order valence-electron chi connectivity index (χ2n) is 7.59. The number of aromatic nitrogens is 3. The molecule has 0 saturated carbocycles. The van der Waals surface area contributed by atoms with Crippen molar-refractivity contribution in [3.63, 3.8) is 0 Å². The molecular weight excluding hydrogens is 342 g/mol. The van der Waals surface area contributed by atoms with E-state index in [9.17, 15) is 4.79 Å². The third-order valence-electron chi connectivity index (χ3n) is 5.72. The molecule has 0 N–H and O–H groups in total. The van der Waals surface area contributed by atoms with Gasteiger partial charge in [-0.3, -0.25) is 19.7 Å². The Balaban J connectivity index is 1.30. The zero-order valence-corrected chi connectivity index (χ0v) is 15.6. The monoisotopic (exact) mass is 367 g/mol. The van der Waals surface area contributed by atoms with E-state index in [1.807, 2.05) is 23.1 Å². The van der Waals surface area contributed by atoms with Crippen molar-refractivity contribution in [3.8, 4) is 0 Å². The predicted molar refractivity (Wildman–Crippen MR) is 99.9 cm³/mol. The van der Waals surface area contributed by atoms with Gasteiger partial charge in [0.25, 0.3) is 5.91 Å². The first-order valence-electron chi connectivity index (χ1n) is 9.40. The lowest BCUT2D eigenvalue weighted by atomic mass is 9.75. The standard InChI is InChI=1S/C20H25N5O2/c1-24-9-5-16(12-27-13-17-4-2-3-6-22-17)10-20(24)14-25(15-20)19(26)18-11-21-7-8-23-18/h2-4,6-8,11,16H,5,9-10,12-15H2,1H3. The van der Waals surface area contributed by atoms with E-state index in [0.717, 1.165) is 44.8 Å². The van der Waals surface area contributed by atoms with Gasteiger partial charge in [0, 0.05) is 31.7 Å². The number of pyridine rings is 1. The van der Waals surface area contributed by atoms with Crippen molar-refractivity contribution < 1.29 is 9.53 Å². The largest absolute Gasteiger partial charge is 0.375 e. The van der Waals surface area contributed by atoms with E-state index in [0.29, 0.717) is 18.2 Å². The summed E-state index contributed by atoms with van der Waals surface area (Å²) in [4.78, 5) is 29.2. The molecule has 1 unspecified atom stereocenters. The minimum absolute atomic E-state index is 0.0318. The fraction of sp³-hybridized carbons (Fsp3) is 0.500. The van der Waals surface area contributed by atoms with E-state index in [-0.39, 0.29) is 11.4 Å². The van der Waals surface area contributed by atoms with Gasteiger partial charge in [0.15, 0.2) is 0 Å². The maximum Gasteiger partial charge on any atom is 0.274 e. The summed E-state index contributed by atoms with van der Waals surface area (Å²) in [5.74, 6) is 0.481. The molecule has 0 aliphatic carbocycles. The molecule has 0 aromatic carbocycles. The first-order valence-corrected chi connectivity index (χ1v) is 9.40. The quantitative estimate of drug-likeness (QED) is 0.800. The molecule has 2 aliphatic rings. The Labute approximate surface area is 159 Å². The number of likely N-dealkylation sites (N-methyl/N-ethyl adjacent to an activating group) is 1. The van der Waals surface area contributed by atoms with Gasteiger partial charge in [0.05, 0.1) is 30.6 Å². The number of amides is 1. The number of piperidine rings is 1. The van der Waals surface area contributed by atoms with Crippen LogP contribution in [0.25, 0.3) is 0 Å². The average molecular weight is 367 g/mol. The molecule has 1 spiro atoms. The molecule has 27 heavy (non-hydrogen) atoms. The average Bonchev–Trinajstić information content (AvgIpc) is 2.68. The molecular formula is C20H25N5O2. The highest BCUT2D eigenvalue weighted by molar-refractivity contribution is 5.92. The third kappa shape index (κ3) is 3.84. The third-order valence-corrected chi connectivity index (χ3v) is 5.72. The van der Waals surface area contributed by atoms with E-state index in [2.05, 4.69) is 26.9 Å². The zero-order chi connectivity index (χ0) is 18.7. The Morgan fingerprint density at radius 1 is 1.26 bits per heavy atom. The van der Waals surface area contributed by atoms with Crippen LogP contribution in [0.15, 0.2) is 43.0 Å². The van der Waals surface area contributed by atoms with E-state index in [1.54, 1.807) is 18.6 Å². The van der Waals surface area contributed by atoms with E-state index < -0.39 is 0 Å². The second kappa shape index (κ2) is 7.70. The molecule has 2 fully saturated rings. The molecule has 2 saturated heterocycles. The van der Waals surface area contributed by atoms with Crippen LogP contribution in [0.1, 0.15) is 29.0 Å². The number of hydrogen-bond donors (Lipinski definition) is 0. The summed E-state index contributed by atoms with van der Waals surface area (Å²) in [5.41, 5.74) is 1.44. The SMILES string of the molecule is CN1CCC(COCc2ccccn2)CC12CN(C(=O)c1cnccn1)C2. The Morgan fingerprint density at radius 3 is 2.89 bits per heavy atom. The van der Waals surface area contributed by atoms with Gasteiger partial charge >= 0.3 is 0 Å². The van der Waals surface area contributed by atoms with Crippen LogP contribution in [0.4, 0.5) is 0 Å². The molecule has 2 aliphatic heterocycles. The minimum atomic E-state index is -0.0318. The molecule has 7 nitrogen and oxygen atoms in total. The maximum absolute atomic E-state index is 12.5. The summed E-state index contributed by atoms with van der Waals surface area (Å²) in [6, 6.07) is 5.88. The number of carbonyl (C=O) groups is 1. The summed E-state index contributed by atoms with van der Waals surface area (Å²) in [6.45, 7) is 3.82.